The summed E-state index contributed by atoms with van der Waals surface area (Å²) in [7, 11) is 1.59. The number of nitrogens with zero attached hydrogens (tertiary/aromatic N) is 2. The third-order valence-corrected chi connectivity index (χ3v) is 4.58. The fraction of sp³-hybridized carbons (Fsp3) is 0.238. The van der Waals surface area contributed by atoms with Crippen molar-refractivity contribution in [1.29, 1.82) is 0 Å². The molecule has 0 amide bonds. The van der Waals surface area contributed by atoms with Gasteiger partial charge in [-0.15, -0.1) is 11.6 Å². The Morgan fingerprint density at radius 2 is 2.00 bits per heavy atom. The van der Waals surface area contributed by atoms with Crippen molar-refractivity contribution in [3.05, 3.63) is 53.4 Å². The van der Waals surface area contributed by atoms with Crippen LogP contribution in [0.3, 0.4) is 0 Å². The van der Waals surface area contributed by atoms with Gasteiger partial charge in [-0.2, -0.15) is 0 Å². The first-order valence-corrected chi connectivity index (χ1v) is 9.21. The maximum atomic E-state index is 6.07. The molecule has 3 aromatic rings. The summed E-state index contributed by atoms with van der Waals surface area (Å²) in [5, 5.41) is 0.750. The van der Waals surface area contributed by atoms with Crippen LogP contribution in [-0.2, 0) is 6.42 Å². The quantitative estimate of drug-likeness (QED) is 0.561. The second-order valence-corrected chi connectivity index (χ2v) is 6.74. The van der Waals surface area contributed by atoms with E-state index in [-0.39, 0.29) is 0 Å². The lowest BCUT2D eigenvalue weighted by atomic mass is 10.1. The van der Waals surface area contributed by atoms with Crippen LogP contribution in [0.5, 0.6) is 23.1 Å². The Balaban J connectivity index is 1.71. The molecule has 5 nitrogen and oxygen atoms in total. The average Bonchev–Trinajstić information content (AvgIpc) is 3.05. The van der Waals surface area contributed by atoms with Crippen molar-refractivity contribution in [3.63, 3.8) is 0 Å². The maximum Gasteiger partial charge on any atom is 0.230 e. The van der Waals surface area contributed by atoms with Gasteiger partial charge in [-0.3, -0.25) is 0 Å². The van der Waals surface area contributed by atoms with Gasteiger partial charge in [-0.25, -0.2) is 9.97 Å². The number of hydrogen-bond donors (Lipinski definition) is 0. The van der Waals surface area contributed by atoms with Crippen LogP contribution in [0, 0.1) is 0 Å². The molecule has 0 N–H and O–H groups in total. The molecule has 1 heterocycles. The minimum absolute atomic E-state index is 0.389. The van der Waals surface area contributed by atoms with Gasteiger partial charge in [0.2, 0.25) is 5.88 Å². The summed E-state index contributed by atoms with van der Waals surface area (Å²) >= 11 is 5.71. The molecular weight excluding hydrogens is 364 g/mol. The molecule has 0 aliphatic heterocycles. The highest BCUT2D eigenvalue weighted by Gasteiger charge is 2.15. The van der Waals surface area contributed by atoms with Crippen LogP contribution in [0.25, 0.3) is 17.0 Å². The fourth-order valence-corrected chi connectivity index (χ4v) is 3.28. The number of ether oxygens (including phenoxy) is 3. The summed E-state index contributed by atoms with van der Waals surface area (Å²) in [4.78, 5) is 8.64. The van der Waals surface area contributed by atoms with Gasteiger partial charge in [0.15, 0.2) is 11.5 Å². The minimum atomic E-state index is 0.389. The van der Waals surface area contributed by atoms with Crippen LogP contribution < -0.4 is 14.2 Å². The van der Waals surface area contributed by atoms with Crippen LogP contribution >= 0.6 is 11.6 Å². The first kappa shape index (κ1) is 17.6. The number of rotatable bonds is 6. The van der Waals surface area contributed by atoms with E-state index in [0.717, 1.165) is 17.6 Å². The third-order valence-electron chi connectivity index (χ3n) is 4.42. The zero-order valence-corrected chi connectivity index (χ0v) is 15.9. The van der Waals surface area contributed by atoms with E-state index in [0.29, 0.717) is 35.4 Å². The van der Waals surface area contributed by atoms with Gasteiger partial charge in [-0.1, -0.05) is 17.7 Å². The SMILES string of the molecule is COc1cc2c(Oc3ccc4c(c3)C=C(C)C4)ncnc2cc1OCCCl. The molecule has 0 fully saturated rings. The largest absolute Gasteiger partial charge is 0.493 e. The van der Waals surface area contributed by atoms with E-state index in [2.05, 4.69) is 29.0 Å². The molecule has 0 radical (unpaired) electrons. The minimum Gasteiger partial charge on any atom is -0.493 e. The van der Waals surface area contributed by atoms with E-state index >= 15 is 0 Å². The van der Waals surface area contributed by atoms with Gasteiger partial charge >= 0.3 is 0 Å². The standard InChI is InChI=1S/C21H19ClN2O3/c1-13-7-14-3-4-16(9-15(14)8-13)27-21-17-10-19(25-2)20(26-6-5-22)11-18(17)23-12-24-21/h3-4,8-12H,5-7H2,1-2H3. The predicted octanol–water partition coefficient (Wildman–Crippen LogP) is 5.01. The molecule has 2 aromatic carbocycles. The predicted molar refractivity (Wildman–Crippen MR) is 106 cm³/mol. The number of alkyl halides is 1. The summed E-state index contributed by atoms with van der Waals surface area (Å²) in [5.41, 5.74) is 4.57. The molecule has 0 atom stereocenters. The van der Waals surface area contributed by atoms with Crippen molar-refractivity contribution in [2.24, 2.45) is 0 Å². The third kappa shape index (κ3) is 3.55. The van der Waals surface area contributed by atoms with Crippen LogP contribution in [0.15, 0.2) is 42.2 Å². The number of aromatic nitrogens is 2. The van der Waals surface area contributed by atoms with E-state index < -0.39 is 0 Å². The second-order valence-electron chi connectivity index (χ2n) is 6.37. The van der Waals surface area contributed by atoms with Crippen molar-refractivity contribution in [2.75, 3.05) is 19.6 Å². The van der Waals surface area contributed by atoms with Gasteiger partial charge in [0.1, 0.15) is 18.7 Å². The van der Waals surface area contributed by atoms with Crippen molar-refractivity contribution in [1.82, 2.24) is 9.97 Å². The number of methoxy groups -OCH3 is 1. The Bertz CT molecular complexity index is 1030. The lowest BCUT2D eigenvalue weighted by Gasteiger charge is -2.13. The Hall–Kier alpha value is -2.79. The van der Waals surface area contributed by atoms with Crippen LogP contribution in [0.2, 0.25) is 0 Å². The van der Waals surface area contributed by atoms with E-state index in [1.54, 1.807) is 7.11 Å². The van der Waals surface area contributed by atoms with Gasteiger partial charge in [0.05, 0.1) is 23.9 Å². The van der Waals surface area contributed by atoms with E-state index in [9.17, 15) is 0 Å². The Kier molecular flexibility index (Phi) is 4.86. The Labute approximate surface area is 162 Å². The molecule has 1 aromatic heterocycles. The van der Waals surface area contributed by atoms with Crippen LogP contribution in [-0.4, -0.2) is 29.6 Å². The topological polar surface area (TPSA) is 53.5 Å². The summed E-state index contributed by atoms with van der Waals surface area (Å²) < 4.78 is 17.2. The normalized spacial score (nSPS) is 12.6. The summed E-state index contributed by atoms with van der Waals surface area (Å²) in [6.07, 6.45) is 4.66. The molecule has 0 spiro atoms. The van der Waals surface area contributed by atoms with Crippen LogP contribution in [0.1, 0.15) is 18.1 Å². The molecule has 1 aliphatic carbocycles. The maximum absolute atomic E-state index is 6.07. The van der Waals surface area contributed by atoms with E-state index in [1.165, 1.54) is 23.0 Å². The molecular formula is C21H19ClN2O3. The molecule has 0 saturated carbocycles. The highest BCUT2D eigenvalue weighted by Crippen LogP contribution is 2.37. The number of halogens is 1. The zero-order valence-electron chi connectivity index (χ0n) is 15.2. The summed E-state index contributed by atoms with van der Waals surface area (Å²) in [6.45, 7) is 2.52. The average molecular weight is 383 g/mol. The molecule has 0 saturated heterocycles. The van der Waals surface area contributed by atoms with Crippen LogP contribution in [0.4, 0.5) is 0 Å². The second kappa shape index (κ2) is 7.45. The molecule has 6 heteroatoms. The molecule has 138 valence electrons. The fourth-order valence-electron chi connectivity index (χ4n) is 3.20. The lowest BCUT2D eigenvalue weighted by Crippen LogP contribution is -2.01. The number of allylic oxidation sites excluding steroid dienone is 1. The lowest BCUT2D eigenvalue weighted by molar-refractivity contribution is 0.313. The van der Waals surface area contributed by atoms with Crippen molar-refractivity contribution < 1.29 is 14.2 Å². The molecule has 0 bridgehead atoms. The van der Waals surface area contributed by atoms with Crippen molar-refractivity contribution in [2.45, 2.75) is 13.3 Å². The Morgan fingerprint density at radius 1 is 1.11 bits per heavy atom. The first-order valence-electron chi connectivity index (χ1n) is 8.67. The van der Waals surface area contributed by atoms with Crippen molar-refractivity contribution >= 4 is 28.6 Å². The molecule has 27 heavy (non-hydrogen) atoms. The first-order chi connectivity index (χ1) is 13.2. The molecule has 4 rings (SSSR count). The highest BCUT2D eigenvalue weighted by molar-refractivity contribution is 6.18. The van der Waals surface area contributed by atoms with Gasteiger partial charge in [0.25, 0.3) is 0 Å². The van der Waals surface area contributed by atoms with Gasteiger partial charge in [-0.05, 0) is 42.7 Å². The number of hydrogen-bond acceptors (Lipinski definition) is 5. The summed E-state index contributed by atoms with van der Waals surface area (Å²) in [6, 6.07) is 9.73. The highest BCUT2D eigenvalue weighted by atomic mass is 35.5. The van der Waals surface area contributed by atoms with E-state index in [4.69, 9.17) is 25.8 Å². The molecule has 0 unspecified atom stereocenters. The summed E-state index contributed by atoms with van der Waals surface area (Å²) in [5.74, 6) is 2.78. The van der Waals surface area contributed by atoms with Gasteiger partial charge in [0, 0.05) is 6.07 Å². The number of benzene rings is 2. The monoisotopic (exact) mass is 382 g/mol. The van der Waals surface area contributed by atoms with Gasteiger partial charge < -0.3 is 14.2 Å². The Morgan fingerprint density at radius 3 is 2.81 bits per heavy atom. The van der Waals surface area contributed by atoms with Crippen molar-refractivity contribution in [3.8, 4) is 23.1 Å². The zero-order chi connectivity index (χ0) is 18.8. The molecule has 1 aliphatic rings. The van der Waals surface area contributed by atoms with E-state index in [1.807, 2.05) is 24.3 Å². The smallest absolute Gasteiger partial charge is 0.230 e. The number of fused-ring (bicyclic) bond motifs is 2.